The molecule has 0 spiro atoms. The molecule has 9 aromatic rings. The molecule has 0 N–H and O–H groups in total. The molecule has 0 bridgehead atoms. The van der Waals surface area contributed by atoms with Crippen LogP contribution in [0, 0.1) is 5.92 Å². The summed E-state index contributed by atoms with van der Waals surface area (Å²) in [5.74, 6) is 1.47. The van der Waals surface area contributed by atoms with Gasteiger partial charge in [0, 0.05) is 50.6 Å². The van der Waals surface area contributed by atoms with Crippen LogP contribution in [-0.4, -0.2) is 0 Å². The molecule has 2 aliphatic rings. The van der Waals surface area contributed by atoms with Crippen LogP contribution < -0.4 is 4.90 Å². The van der Waals surface area contributed by atoms with Crippen LogP contribution in [0.1, 0.15) is 22.8 Å². The van der Waals surface area contributed by atoms with Gasteiger partial charge in [-0.1, -0.05) is 115 Å². The number of fused-ring (bicyclic) bond motifs is 9. The molecule has 0 saturated carbocycles. The van der Waals surface area contributed by atoms with E-state index in [2.05, 4.69) is 193 Å². The van der Waals surface area contributed by atoms with Crippen LogP contribution in [0.3, 0.4) is 0 Å². The molecule has 2 aliphatic carbocycles. The lowest BCUT2D eigenvalue weighted by Gasteiger charge is -2.29. The number of furan rings is 2. The van der Waals surface area contributed by atoms with Crippen LogP contribution in [-0.2, 0) is 0 Å². The smallest absolute Gasteiger partial charge is 0.136 e. The minimum absolute atomic E-state index is 0.174. The number of anilines is 3. The molecular formula is C50H33NO2. The number of allylic oxidation sites excluding steroid dienone is 5. The predicted octanol–water partition coefficient (Wildman–Crippen LogP) is 14.0. The zero-order chi connectivity index (χ0) is 34.9. The van der Waals surface area contributed by atoms with E-state index in [0.717, 1.165) is 66.9 Å². The second-order valence-electron chi connectivity index (χ2n) is 14.1. The molecular weight excluding hydrogens is 647 g/mol. The molecule has 2 atom stereocenters. The lowest BCUT2D eigenvalue weighted by molar-refractivity contribution is 0.496. The van der Waals surface area contributed by atoms with Gasteiger partial charge in [-0.3, -0.25) is 0 Å². The Morgan fingerprint density at radius 3 is 1.87 bits per heavy atom. The summed E-state index contributed by atoms with van der Waals surface area (Å²) in [6, 6.07) is 56.1. The Morgan fingerprint density at radius 2 is 1.06 bits per heavy atom. The number of hydrogen-bond acceptors (Lipinski definition) is 3. The van der Waals surface area contributed by atoms with E-state index in [1.54, 1.807) is 0 Å². The van der Waals surface area contributed by atoms with Crippen LogP contribution in [0.5, 0.6) is 0 Å². The predicted molar refractivity (Wildman–Crippen MR) is 220 cm³/mol. The van der Waals surface area contributed by atoms with Crippen molar-refractivity contribution in [3.8, 4) is 11.1 Å². The fourth-order valence-electron chi connectivity index (χ4n) is 8.44. The maximum absolute atomic E-state index is 6.72. The third-order valence-electron chi connectivity index (χ3n) is 11.0. The summed E-state index contributed by atoms with van der Waals surface area (Å²) >= 11 is 0. The van der Waals surface area contributed by atoms with Gasteiger partial charge in [-0.2, -0.15) is 0 Å². The minimum Gasteiger partial charge on any atom is -0.460 e. The van der Waals surface area contributed by atoms with E-state index in [-0.39, 0.29) is 11.8 Å². The quantitative estimate of drug-likeness (QED) is 0.181. The molecule has 0 amide bonds. The topological polar surface area (TPSA) is 29.5 Å². The maximum atomic E-state index is 6.72. The van der Waals surface area contributed by atoms with Crippen LogP contribution in [0.4, 0.5) is 17.1 Å². The standard InChI is InChI=1S/C50H33NO2/c1-3-11-33(12-4-1)43-31-46-41-25-21-36(29-48(41)53-50(46)42-18-10-9-17-40(42)43)32-19-22-38(23-20-32)51(37-15-5-2-6-16-37)39-24-26-47-45(30-39)44-27-34-13-7-8-14-35(34)28-49(44)52-47/h1-31,40,42H. The molecule has 2 heterocycles. The first-order chi connectivity index (χ1) is 26.2. The highest BCUT2D eigenvalue weighted by molar-refractivity contribution is 6.11. The molecule has 250 valence electrons. The number of benzene rings is 7. The number of nitrogens with zero attached hydrogens (tertiary/aromatic N) is 1. The zero-order valence-corrected chi connectivity index (χ0v) is 28.8. The van der Waals surface area contributed by atoms with Crippen LogP contribution in [0.15, 0.2) is 191 Å². The average molecular weight is 680 g/mol. The molecule has 11 rings (SSSR count). The monoisotopic (exact) mass is 679 g/mol. The van der Waals surface area contributed by atoms with Gasteiger partial charge in [-0.05, 0) is 106 Å². The highest BCUT2D eigenvalue weighted by Gasteiger charge is 2.34. The molecule has 2 aromatic heterocycles. The summed E-state index contributed by atoms with van der Waals surface area (Å²) in [7, 11) is 0. The molecule has 2 unspecified atom stereocenters. The Morgan fingerprint density at radius 1 is 0.415 bits per heavy atom. The van der Waals surface area contributed by atoms with Gasteiger partial charge in [0.25, 0.3) is 0 Å². The highest BCUT2D eigenvalue weighted by atomic mass is 16.3. The fourth-order valence-corrected chi connectivity index (χ4v) is 8.44. The van der Waals surface area contributed by atoms with Crippen LogP contribution in [0.25, 0.3) is 66.5 Å². The van der Waals surface area contributed by atoms with E-state index in [0.29, 0.717) is 0 Å². The van der Waals surface area contributed by atoms with E-state index >= 15 is 0 Å². The van der Waals surface area contributed by atoms with E-state index < -0.39 is 0 Å². The number of hydrogen-bond donors (Lipinski definition) is 0. The first-order valence-corrected chi connectivity index (χ1v) is 18.2. The Balaban J connectivity index is 0.976. The molecule has 0 fully saturated rings. The molecule has 0 aliphatic heterocycles. The van der Waals surface area contributed by atoms with Crippen molar-refractivity contribution in [1.82, 2.24) is 0 Å². The van der Waals surface area contributed by atoms with E-state index in [4.69, 9.17) is 8.83 Å². The van der Waals surface area contributed by atoms with Gasteiger partial charge >= 0.3 is 0 Å². The Kier molecular flexibility index (Phi) is 6.68. The summed E-state index contributed by atoms with van der Waals surface area (Å²) in [6.45, 7) is 0. The molecule has 3 nitrogen and oxygen atoms in total. The van der Waals surface area contributed by atoms with Crippen molar-refractivity contribution < 1.29 is 8.83 Å². The van der Waals surface area contributed by atoms with E-state index in [9.17, 15) is 0 Å². The molecule has 53 heavy (non-hydrogen) atoms. The second-order valence-corrected chi connectivity index (χ2v) is 14.1. The van der Waals surface area contributed by atoms with Crippen molar-refractivity contribution in [3.63, 3.8) is 0 Å². The highest BCUT2D eigenvalue weighted by Crippen LogP contribution is 2.49. The van der Waals surface area contributed by atoms with Gasteiger partial charge in [0.15, 0.2) is 0 Å². The van der Waals surface area contributed by atoms with Crippen LogP contribution >= 0.6 is 0 Å². The molecule has 7 aromatic carbocycles. The van der Waals surface area contributed by atoms with Crippen molar-refractivity contribution in [1.29, 1.82) is 0 Å². The van der Waals surface area contributed by atoms with E-state index in [1.807, 2.05) is 0 Å². The average Bonchev–Trinajstić information content (AvgIpc) is 3.78. The first kappa shape index (κ1) is 29.8. The fraction of sp³-hybridized carbons (Fsp3) is 0.0400. The van der Waals surface area contributed by atoms with Gasteiger partial charge < -0.3 is 13.7 Å². The van der Waals surface area contributed by atoms with Crippen molar-refractivity contribution >= 4 is 72.4 Å². The lowest BCUT2D eigenvalue weighted by Crippen LogP contribution is -2.16. The summed E-state index contributed by atoms with van der Waals surface area (Å²) in [5.41, 5.74) is 12.0. The minimum atomic E-state index is 0.174. The second kappa shape index (κ2) is 11.9. The summed E-state index contributed by atoms with van der Waals surface area (Å²) < 4.78 is 13.1. The van der Waals surface area contributed by atoms with Gasteiger partial charge in [0.05, 0.1) is 0 Å². The van der Waals surface area contributed by atoms with Crippen molar-refractivity contribution in [2.45, 2.75) is 5.92 Å². The normalized spacial score (nSPS) is 16.3. The van der Waals surface area contributed by atoms with Crippen LogP contribution in [0.2, 0.25) is 0 Å². The molecule has 3 heteroatoms. The van der Waals surface area contributed by atoms with Crippen molar-refractivity contribution in [2.75, 3.05) is 4.90 Å². The van der Waals surface area contributed by atoms with Gasteiger partial charge in [-0.25, -0.2) is 0 Å². The van der Waals surface area contributed by atoms with Crippen molar-refractivity contribution in [2.24, 2.45) is 5.92 Å². The Hall–Kier alpha value is -6.84. The third-order valence-corrected chi connectivity index (χ3v) is 11.0. The van der Waals surface area contributed by atoms with Gasteiger partial charge in [-0.15, -0.1) is 0 Å². The SMILES string of the molecule is C1=CC2C(c3ccccc3)=Cc3c(oc4cc(-c5ccc(N(c6ccccc6)c6ccc7oc8cc9ccccc9cc8c7c6)cc5)ccc34)C2C=C1. The van der Waals surface area contributed by atoms with Gasteiger partial charge in [0.1, 0.15) is 22.5 Å². The molecule has 0 saturated heterocycles. The summed E-state index contributed by atoms with van der Waals surface area (Å²) in [4.78, 5) is 2.31. The van der Waals surface area contributed by atoms with E-state index in [1.165, 1.54) is 27.5 Å². The Bertz CT molecular complexity index is 2940. The summed E-state index contributed by atoms with van der Waals surface area (Å²) in [5, 5.41) is 5.76. The van der Waals surface area contributed by atoms with Gasteiger partial charge in [0.2, 0.25) is 0 Å². The zero-order valence-electron chi connectivity index (χ0n) is 28.8. The number of para-hydroxylation sites is 1. The largest absolute Gasteiger partial charge is 0.460 e. The lowest BCUT2D eigenvalue weighted by atomic mass is 9.73. The molecule has 0 radical (unpaired) electrons. The maximum Gasteiger partial charge on any atom is 0.136 e. The first-order valence-electron chi connectivity index (χ1n) is 18.2. The van der Waals surface area contributed by atoms with Crippen molar-refractivity contribution in [3.05, 3.63) is 199 Å². The summed E-state index contributed by atoms with van der Waals surface area (Å²) in [6.07, 6.45) is 11.2. The third kappa shape index (κ3) is 4.89. The Labute approximate surface area is 307 Å². The number of rotatable bonds is 5.